The average molecular weight is 642 g/mol. The number of halogens is 3. The highest BCUT2D eigenvalue weighted by molar-refractivity contribution is 5.82. The Hall–Kier alpha value is -5.40. The van der Waals surface area contributed by atoms with Crippen LogP contribution in [0.1, 0.15) is 55.6 Å². The molecule has 0 saturated heterocycles. The number of aryl methyl sites for hydroxylation is 1. The Labute approximate surface area is 266 Å². The largest absolute Gasteiger partial charge is 0.480 e. The third kappa shape index (κ3) is 5.64. The number of pyridine rings is 1. The second-order valence-corrected chi connectivity index (χ2v) is 11.9. The molecule has 1 aromatic carbocycles. The first kappa shape index (κ1) is 30.3. The summed E-state index contributed by atoms with van der Waals surface area (Å²) in [6.45, 7) is 3.73. The first-order valence-electron chi connectivity index (χ1n) is 15.1. The zero-order chi connectivity index (χ0) is 33.0. The highest BCUT2D eigenvalue weighted by atomic mass is 19.4. The number of imidazole rings is 1. The fraction of sp³-hybridized carbons (Fsp3) is 0.303. The van der Waals surface area contributed by atoms with Crippen molar-refractivity contribution >= 4 is 11.0 Å². The van der Waals surface area contributed by atoms with Crippen LogP contribution in [0.5, 0.6) is 5.88 Å². The van der Waals surface area contributed by atoms with Gasteiger partial charge in [-0.25, -0.2) is 24.9 Å². The Bertz CT molecular complexity index is 2180. The van der Waals surface area contributed by atoms with Gasteiger partial charge in [-0.3, -0.25) is 14.0 Å². The molecule has 1 aliphatic carbocycles. The molecule has 11 nitrogen and oxygen atoms in total. The molecule has 0 unspecified atom stereocenters. The molecular weight excluding hydrogens is 611 g/mol. The molecule has 1 fully saturated rings. The van der Waals surface area contributed by atoms with Crippen molar-refractivity contribution in [1.29, 1.82) is 0 Å². The lowest BCUT2D eigenvalue weighted by Gasteiger charge is -2.15. The van der Waals surface area contributed by atoms with Crippen LogP contribution in [0.4, 0.5) is 13.2 Å². The minimum Gasteiger partial charge on any atom is -0.480 e. The maximum atomic E-state index is 14.2. The molecule has 0 amide bonds. The highest BCUT2D eigenvalue weighted by Crippen LogP contribution is 2.45. The number of nitrogens with zero attached hydrogens (tertiary/aromatic N) is 9. The van der Waals surface area contributed by atoms with Gasteiger partial charge < -0.3 is 9.30 Å². The van der Waals surface area contributed by atoms with Crippen LogP contribution in [0.25, 0.3) is 44.9 Å². The number of hydrogen-bond acceptors (Lipinski definition) is 8. The maximum absolute atomic E-state index is 14.2. The highest BCUT2D eigenvalue weighted by Gasteiger charge is 2.35. The van der Waals surface area contributed by atoms with E-state index < -0.39 is 11.9 Å². The van der Waals surface area contributed by atoms with Gasteiger partial charge in [-0.2, -0.15) is 18.3 Å². The van der Waals surface area contributed by atoms with Gasteiger partial charge in [-0.15, -0.1) is 0 Å². The summed E-state index contributed by atoms with van der Waals surface area (Å²) in [5.41, 5.74) is 2.89. The number of methoxy groups -OCH3 is 1. The topological polar surface area (TPSA) is 118 Å². The maximum Gasteiger partial charge on any atom is 0.434 e. The van der Waals surface area contributed by atoms with Crippen LogP contribution in [0.15, 0.2) is 66.2 Å². The van der Waals surface area contributed by atoms with E-state index in [0.29, 0.717) is 45.0 Å². The third-order valence-corrected chi connectivity index (χ3v) is 8.20. The summed E-state index contributed by atoms with van der Waals surface area (Å²) in [5, 5.41) is 4.87. The van der Waals surface area contributed by atoms with Gasteiger partial charge in [-0.05, 0) is 38.3 Å². The van der Waals surface area contributed by atoms with E-state index in [-0.39, 0.29) is 29.9 Å². The van der Waals surface area contributed by atoms with E-state index in [1.165, 1.54) is 18.0 Å². The number of fused-ring (bicyclic) bond motifs is 1. The van der Waals surface area contributed by atoms with Crippen molar-refractivity contribution in [2.75, 3.05) is 7.11 Å². The Kier molecular flexibility index (Phi) is 7.37. The van der Waals surface area contributed by atoms with Gasteiger partial charge in [0.05, 0.1) is 31.1 Å². The number of hydrogen-bond donors (Lipinski definition) is 0. The fourth-order valence-electron chi connectivity index (χ4n) is 5.69. The number of rotatable bonds is 8. The minimum atomic E-state index is -4.56. The Balaban J connectivity index is 1.35. The number of alkyl halides is 3. The van der Waals surface area contributed by atoms with Crippen LogP contribution in [0.3, 0.4) is 0 Å². The van der Waals surface area contributed by atoms with Gasteiger partial charge in [0.25, 0.3) is 5.56 Å². The molecule has 0 aliphatic heterocycles. The minimum absolute atomic E-state index is 0.129. The number of ether oxygens (including phenoxy) is 1. The van der Waals surface area contributed by atoms with Gasteiger partial charge in [-0.1, -0.05) is 24.3 Å². The van der Waals surface area contributed by atoms with E-state index in [1.54, 1.807) is 79.1 Å². The van der Waals surface area contributed by atoms with E-state index in [9.17, 15) is 18.0 Å². The molecule has 1 saturated carbocycles. The van der Waals surface area contributed by atoms with Crippen molar-refractivity contribution in [3.8, 4) is 39.8 Å². The second-order valence-electron chi connectivity index (χ2n) is 11.9. The number of aromatic nitrogens is 9. The summed E-state index contributed by atoms with van der Waals surface area (Å²) < 4.78 is 50.7. The zero-order valence-corrected chi connectivity index (χ0v) is 26.0. The molecule has 0 bridgehead atoms. The monoisotopic (exact) mass is 641 g/mol. The molecule has 47 heavy (non-hydrogen) atoms. The Morgan fingerprint density at radius 3 is 2.40 bits per heavy atom. The molecule has 0 radical (unpaired) electrons. The predicted octanol–water partition coefficient (Wildman–Crippen LogP) is 6.05. The van der Waals surface area contributed by atoms with E-state index in [1.807, 2.05) is 0 Å². The lowest BCUT2D eigenvalue weighted by atomic mass is 10.1. The second kappa shape index (κ2) is 11.4. The Morgan fingerprint density at radius 1 is 1.00 bits per heavy atom. The first-order valence-corrected chi connectivity index (χ1v) is 15.1. The summed E-state index contributed by atoms with van der Waals surface area (Å²) in [6.07, 6.45) is 4.97. The van der Waals surface area contributed by atoms with E-state index in [0.717, 1.165) is 30.3 Å². The summed E-state index contributed by atoms with van der Waals surface area (Å²) in [5.74, 6) is 1.16. The smallest absolute Gasteiger partial charge is 0.434 e. The molecule has 6 aromatic rings. The predicted molar refractivity (Wildman–Crippen MR) is 168 cm³/mol. The van der Waals surface area contributed by atoms with Crippen molar-refractivity contribution in [2.45, 2.75) is 51.4 Å². The first-order chi connectivity index (χ1) is 22.5. The zero-order valence-electron chi connectivity index (χ0n) is 26.0. The quantitative estimate of drug-likeness (QED) is 0.197. The molecule has 5 aromatic heterocycles. The SMILES string of the molecule is COc1ncnc(C2CC2)c1-c1ncc2cc(-c3cnn(C)c3)c(=O)n(Cc3ccc(-c4nc(C(F)(F)F)cn4C(C)C)cc3)c2n1. The summed E-state index contributed by atoms with van der Waals surface area (Å²) in [6, 6.07) is 8.49. The fourth-order valence-corrected chi connectivity index (χ4v) is 5.69. The lowest BCUT2D eigenvalue weighted by Crippen LogP contribution is -2.24. The number of benzene rings is 1. The molecule has 14 heteroatoms. The van der Waals surface area contributed by atoms with E-state index in [4.69, 9.17) is 9.72 Å². The molecule has 5 heterocycles. The standard InChI is InChI=1S/C33H30F3N9O2/c1-18(2)44-16-25(33(34,35)36)41-29(44)21-7-5-19(6-8-21)14-45-30-22(11-24(32(45)46)23-13-40-43(3)15-23)12-37-28(42-30)26-27(20-9-10-20)38-17-39-31(26)47-4/h5-8,11-13,15-18,20H,9-10,14H2,1-4H3. The molecule has 240 valence electrons. The van der Waals surface area contributed by atoms with Gasteiger partial charge in [0.2, 0.25) is 5.88 Å². The third-order valence-electron chi connectivity index (χ3n) is 8.20. The molecule has 0 spiro atoms. The molecule has 0 atom stereocenters. The van der Waals surface area contributed by atoms with E-state index in [2.05, 4.69) is 25.0 Å². The van der Waals surface area contributed by atoms with Crippen LogP contribution in [-0.4, -0.2) is 50.9 Å². The van der Waals surface area contributed by atoms with Crippen LogP contribution < -0.4 is 10.3 Å². The van der Waals surface area contributed by atoms with Crippen LogP contribution >= 0.6 is 0 Å². The normalized spacial score (nSPS) is 13.5. The van der Waals surface area contributed by atoms with Crippen molar-refractivity contribution < 1.29 is 17.9 Å². The van der Waals surface area contributed by atoms with E-state index >= 15 is 0 Å². The molecule has 7 rings (SSSR count). The lowest BCUT2D eigenvalue weighted by molar-refractivity contribution is -0.140. The van der Waals surface area contributed by atoms with Crippen LogP contribution in [0.2, 0.25) is 0 Å². The van der Waals surface area contributed by atoms with Crippen molar-refractivity contribution in [3.63, 3.8) is 0 Å². The molecule has 0 N–H and O–H groups in total. The molecular formula is C33H30F3N9O2. The molecule has 1 aliphatic rings. The van der Waals surface area contributed by atoms with Crippen molar-refractivity contribution in [3.05, 3.63) is 88.8 Å². The van der Waals surface area contributed by atoms with Gasteiger partial charge in [0, 0.05) is 54.1 Å². The Morgan fingerprint density at radius 2 is 1.77 bits per heavy atom. The van der Waals surface area contributed by atoms with Gasteiger partial charge in [0.1, 0.15) is 23.4 Å². The van der Waals surface area contributed by atoms with Crippen molar-refractivity contribution in [2.24, 2.45) is 7.05 Å². The van der Waals surface area contributed by atoms with Crippen LogP contribution in [0, 0.1) is 0 Å². The summed E-state index contributed by atoms with van der Waals surface area (Å²) in [7, 11) is 3.30. The van der Waals surface area contributed by atoms with Crippen molar-refractivity contribution in [1.82, 2.24) is 43.8 Å². The summed E-state index contributed by atoms with van der Waals surface area (Å²) in [4.78, 5) is 36.4. The van der Waals surface area contributed by atoms with Gasteiger partial charge in [0.15, 0.2) is 11.5 Å². The summed E-state index contributed by atoms with van der Waals surface area (Å²) >= 11 is 0. The average Bonchev–Trinajstić information content (AvgIpc) is 3.64. The van der Waals surface area contributed by atoms with Crippen LogP contribution in [-0.2, 0) is 19.8 Å². The van der Waals surface area contributed by atoms with Gasteiger partial charge >= 0.3 is 6.18 Å².